The van der Waals surface area contributed by atoms with Gasteiger partial charge in [0.2, 0.25) is 17.7 Å². The van der Waals surface area contributed by atoms with E-state index in [9.17, 15) is 14.4 Å². The molecular weight excluding hydrogens is 679 g/mol. The maximum absolute atomic E-state index is 14.8. The van der Waals surface area contributed by atoms with Gasteiger partial charge in [0, 0.05) is 12.1 Å². The number of rotatable bonds is 7. The molecule has 8 heteroatoms. The van der Waals surface area contributed by atoms with Gasteiger partial charge in [-0.25, -0.2) is 0 Å². The Morgan fingerprint density at radius 1 is 0.627 bits per heavy atom. The van der Waals surface area contributed by atoms with Gasteiger partial charge in [-0.1, -0.05) is 109 Å². The van der Waals surface area contributed by atoms with Crippen LogP contribution in [0, 0.1) is 11.8 Å². The standard InChI is InChI=1S/C43H30Cl2N2O4/c44-42-32-14-6-7-15-33(32)43(45,35-17-9-8-16-34(35)42)38-37(42)40(49)47(41(38)50)36(24-26-10-2-1-3-11-26)39(48)46-29-19-22-30(23-20-29)51-31-21-18-27-12-4-5-13-28(27)25-31/h1-23,25,36-38H,24H2,(H,46,48)/t36-,37-,38-,42?,43?/m0/s1. The van der Waals surface area contributed by atoms with Gasteiger partial charge >= 0.3 is 0 Å². The van der Waals surface area contributed by atoms with Gasteiger partial charge in [0.1, 0.15) is 27.3 Å². The number of carbonyl (C=O) groups excluding carboxylic acids is 3. The quantitative estimate of drug-likeness (QED) is 0.133. The van der Waals surface area contributed by atoms with E-state index in [4.69, 9.17) is 27.9 Å². The van der Waals surface area contributed by atoms with Crippen molar-refractivity contribution >= 4 is 57.4 Å². The number of likely N-dealkylation sites (tertiary alicyclic amines) is 1. The van der Waals surface area contributed by atoms with Crippen LogP contribution in [0.4, 0.5) is 5.69 Å². The summed E-state index contributed by atoms with van der Waals surface area (Å²) in [5.74, 6) is -2.26. The summed E-state index contributed by atoms with van der Waals surface area (Å²) in [6, 6.07) is 44.1. The van der Waals surface area contributed by atoms with Crippen molar-refractivity contribution in [2.75, 3.05) is 5.32 Å². The number of benzene rings is 6. The fourth-order valence-electron chi connectivity index (χ4n) is 8.33. The van der Waals surface area contributed by atoms with Crippen molar-refractivity contribution in [2.45, 2.75) is 22.2 Å². The van der Waals surface area contributed by atoms with E-state index < -0.39 is 45.3 Å². The van der Waals surface area contributed by atoms with Gasteiger partial charge in [-0.05, 0) is 75.0 Å². The maximum Gasteiger partial charge on any atom is 0.248 e. The summed E-state index contributed by atoms with van der Waals surface area (Å²) in [7, 11) is 0. The first-order chi connectivity index (χ1) is 24.8. The fourth-order valence-corrected chi connectivity index (χ4v) is 9.43. The summed E-state index contributed by atoms with van der Waals surface area (Å²) in [5, 5.41) is 5.14. The predicted octanol–water partition coefficient (Wildman–Crippen LogP) is 8.78. The molecule has 1 heterocycles. The van der Waals surface area contributed by atoms with Gasteiger partial charge in [-0.15, -0.1) is 23.2 Å². The van der Waals surface area contributed by atoms with E-state index in [0.717, 1.165) is 21.2 Å². The van der Waals surface area contributed by atoms with E-state index in [1.807, 2.05) is 121 Å². The second-order valence-corrected chi connectivity index (χ2v) is 14.5. The zero-order valence-electron chi connectivity index (χ0n) is 27.1. The first kappa shape index (κ1) is 31.5. The van der Waals surface area contributed by atoms with Crippen molar-refractivity contribution in [3.8, 4) is 11.5 Å². The Morgan fingerprint density at radius 2 is 1.12 bits per heavy atom. The Balaban J connectivity index is 1.05. The van der Waals surface area contributed by atoms with Crippen molar-refractivity contribution in [3.05, 3.63) is 173 Å². The molecule has 51 heavy (non-hydrogen) atoms. The highest BCUT2D eigenvalue weighted by Crippen LogP contribution is 2.69. The van der Waals surface area contributed by atoms with Crippen LogP contribution in [0.15, 0.2) is 146 Å². The number of alkyl halides is 2. The molecule has 3 atom stereocenters. The number of fused-ring (bicyclic) bond motifs is 1. The molecule has 1 N–H and O–H groups in total. The lowest BCUT2D eigenvalue weighted by molar-refractivity contribution is -0.146. The van der Waals surface area contributed by atoms with Gasteiger partial charge in [-0.3, -0.25) is 19.3 Å². The molecule has 1 aliphatic heterocycles. The van der Waals surface area contributed by atoms with E-state index >= 15 is 0 Å². The Hall–Kier alpha value is -5.43. The van der Waals surface area contributed by atoms with Crippen molar-refractivity contribution in [1.29, 1.82) is 0 Å². The smallest absolute Gasteiger partial charge is 0.248 e. The lowest BCUT2D eigenvalue weighted by Crippen LogP contribution is -2.57. The number of amides is 3. The van der Waals surface area contributed by atoms with E-state index in [0.29, 0.717) is 39.4 Å². The molecule has 4 aliphatic rings. The Bertz CT molecular complexity index is 2260. The van der Waals surface area contributed by atoms with Crippen LogP contribution in [-0.4, -0.2) is 28.7 Å². The second kappa shape index (κ2) is 11.8. The molecule has 2 bridgehead atoms. The number of imide groups is 1. The Labute approximate surface area is 304 Å². The maximum atomic E-state index is 14.8. The molecular formula is C43H30Cl2N2O4. The van der Waals surface area contributed by atoms with Gasteiger partial charge in [-0.2, -0.15) is 0 Å². The minimum atomic E-state index is -1.34. The van der Waals surface area contributed by atoms with Gasteiger partial charge in [0.25, 0.3) is 0 Å². The highest BCUT2D eigenvalue weighted by molar-refractivity contribution is 6.36. The number of halogens is 2. The molecule has 0 unspecified atom stereocenters. The van der Waals surface area contributed by atoms with Crippen LogP contribution in [0.25, 0.3) is 10.8 Å². The van der Waals surface area contributed by atoms with E-state index in [-0.39, 0.29) is 6.42 Å². The number of nitrogens with one attached hydrogen (secondary N) is 1. The third-order valence-corrected chi connectivity index (χ3v) is 11.9. The highest BCUT2D eigenvalue weighted by atomic mass is 35.5. The summed E-state index contributed by atoms with van der Waals surface area (Å²) in [6.45, 7) is 0. The Morgan fingerprint density at radius 3 is 1.69 bits per heavy atom. The van der Waals surface area contributed by atoms with Crippen LogP contribution in [0.3, 0.4) is 0 Å². The molecule has 3 amide bonds. The largest absolute Gasteiger partial charge is 0.457 e. The third-order valence-electron chi connectivity index (χ3n) is 10.6. The molecule has 6 aromatic carbocycles. The molecule has 0 radical (unpaired) electrons. The molecule has 6 nitrogen and oxygen atoms in total. The molecule has 1 saturated heterocycles. The summed E-state index contributed by atoms with van der Waals surface area (Å²) in [6.07, 6.45) is 0.108. The lowest BCUT2D eigenvalue weighted by Gasteiger charge is -2.54. The number of carbonyl (C=O) groups is 3. The van der Waals surface area contributed by atoms with Crippen molar-refractivity contribution in [2.24, 2.45) is 11.8 Å². The van der Waals surface area contributed by atoms with E-state index in [1.165, 1.54) is 0 Å². The third kappa shape index (κ3) is 4.74. The molecule has 3 aliphatic carbocycles. The SMILES string of the molecule is O=C(Nc1ccc(Oc2ccc3ccccc3c2)cc1)[C@H](Cc1ccccc1)N1C(=O)[C@@H]2[C@@H](C1=O)C1(Cl)c3ccccc3C2(Cl)c2ccccc21. The fraction of sp³-hybridized carbons (Fsp3) is 0.140. The minimum Gasteiger partial charge on any atom is -0.457 e. The summed E-state index contributed by atoms with van der Waals surface area (Å²) < 4.78 is 6.10. The molecule has 0 spiro atoms. The summed E-state index contributed by atoms with van der Waals surface area (Å²) in [4.78, 5) is 42.3. The first-order valence-corrected chi connectivity index (χ1v) is 17.6. The molecule has 1 fully saturated rings. The zero-order valence-corrected chi connectivity index (χ0v) is 28.6. The average molecular weight is 710 g/mol. The Kier molecular flexibility index (Phi) is 7.32. The number of ether oxygens (including phenoxy) is 1. The van der Waals surface area contributed by atoms with Crippen molar-refractivity contribution in [3.63, 3.8) is 0 Å². The lowest BCUT2D eigenvalue weighted by atomic mass is 9.54. The molecule has 6 aromatic rings. The van der Waals surface area contributed by atoms with E-state index in [2.05, 4.69) is 5.32 Å². The van der Waals surface area contributed by atoms with Crippen LogP contribution in [0.2, 0.25) is 0 Å². The topological polar surface area (TPSA) is 75.7 Å². The van der Waals surface area contributed by atoms with Crippen LogP contribution in [0.5, 0.6) is 11.5 Å². The second-order valence-electron chi connectivity index (χ2n) is 13.3. The summed E-state index contributed by atoms with van der Waals surface area (Å²) >= 11 is 15.3. The predicted molar refractivity (Wildman–Crippen MR) is 198 cm³/mol. The molecule has 250 valence electrons. The monoisotopic (exact) mass is 708 g/mol. The molecule has 10 rings (SSSR count). The van der Waals surface area contributed by atoms with Crippen LogP contribution >= 0.6 is 23.2 Å². The number of hydrogen-bond donors (Lipinski definition) is 1. The summed E-state index contributed by atoms with van der Waals surface area (Å²) in [5.41, 5.74) is 4.12. The number of anilines is 1. The average Bonchev–Trinajstić information content (AvgIpc) is 3.44. The zero-order chi connectivity index (χ0) is 34.9. The van der Waals surface area contributed by atoms with Crippen molar-refractivity contribution < 1.29 is 19.1 Å². The number of nitrogens with zero attached hydrogens (tertiary/aromatic N) is 1. The van der Waals surface area contributed by atoms with Gasteiger partial charge in [0.05, 0.1) is 11.8 Å². The van der Waals surface area contributed by atoms with Crippen LogP contribution in [-0.2, 0) is 30.6 Å². The van der Waals surface area contributed by atoms with Gasteiger partial charge < -0.3 is 10.1 Å². The molecule has 0 saturated carbocycles. The highest BCUT2D eigenvalue weighted by Gasteiger charge is 2.73. The van der Waals surface area contributed by atoms with Crippen LogP contribution in [0.1, 0.15) is 27.8 Å². The van der Waals surface area contributed by atoms with Crippen molar-refractivity contribution in [1.82, 2.24) is 4.90 Å². The van der Waals surface area contributed by atoms with Gasteiger partial charge in [0.15, 0.2) is 0 Å². The number of hydrogen-bond acceptors (Lipinski definition) is 4. The van der Waals surface area contributed by atoms with E-state index in [1.54, 1.807) is 24.3 Å². The first-order valence-electron chi connectivity index (χ1n) is 16.8. The minimum absolute atomic E-state index is 0.108. The molecule has 0 aromatic heterocycles. The van der Waals surface area contributed by atoms with Crippen LogP contribution < -0.4 is 10.1 Å². The normalized spacial score (nSPS) is 23.4.